The summed E-state index contributed by atoms with van der Waals surface area (Å²) in [6.45, 7) is 4.74. The number of amides is 2. The highest BCUT2D eigenvalue weighted by Gasteiger charge is 2.21. The van der Waals surface area contributed by atoms with E-state index in [0.717, 1.165) is 6.07 Å². The number of nitro benzene ring substituents is 1. The molecule has 0 radical (unpaired) electrons. The van der Waals surface area contributed by atoms with E-state index in [4.69, 9.17) is 5.73 Å². The van der Waals surface area contributed by atoms with E-state index in [0.29, 0.717) is 13.1 Å². The average molecular weight is 308 g/mol. The zero-order valence-corrected chi connectivity index (χ0v) is 12.9. The molecule has 22 heavy (non-hydrogen) atoms. The van der Waals surface area contributed by atoms with Crippen LogP contribution in [0.2, 0.25) is 0 Å². The maximum Gasteiger partial charge on any atom is 0.292 e. The zero-order chi connectivity index (χ0) is 16.9. The molecule has 0 bridgehead atoms. The van der Waals surface area contributed by atoms with Gasteiger partial charge in [-0.3, -0.25) is 19.7 Å². The molecule has 0 aliphatic rings. The minimum absolute atomic E-state index is 0.0107. The number of nitrogens with zero attached hydrogens (tertiary/aromatic N) is 3. The Bertz CT molecular complexity index is 584. The number of anilines is 1. The highest BCUT2D eigenvalue weighted by molar-refractivity contribution is 5.97. The normalized spacial score (nSPS) is 10.1. The molecule has 8 heteroatoms. The highest BCUT2D eigenvalue weighted by atomic mass is 16.6. The van der Waals surface area contributed by atoms with Crippen LogP contribution in [0.4, 0.5) is 11.4 Å². The monoisotopic (exact) mass is 308 g/mol. The van der Waals surface area contributed by atoms with Crippen molar-refractivity contribution in [1.82, 2.24) is 9.80 Å². The van der Waals surface area contributed by atoms with Crippen molar-refractivity contribution in [1.29, 1.82) is 0 Å². The van der Waals surface area contributed by atoms with Crippen molar-refractivity contribution in [3.8, 4) is 0 Å². The van der Waals surface area contributed by atoms with Gasteiger partial charge in [-0.1, -0.05) is 0 Å². The summed E-state index contributed by atoms with van der Waals surface area (Å²) in [6.07, 6.45) is 0. The number of nitro groups is 1. The first-order chi connectivity index (χ1) is 10.3. The van der Waals surface area contributed by atoms with Gasteiger partial charge in [0.2, 0.25) is 5.91 Å². The number of nitrogen functional groups attached to an aromatic ring is 1. The van der Waals surface area contributed by atoms with Crippen molar-refractivity contribution in [2.24, 2.45) is 0 Å². The maximum atomic E-state index is 12.3. The molecule has 1 rings (SSSR count). The van der Waals surface area contributed by atoms with Gasteiger partial charge >= 0.3 is 0 Å². The summed E-state index contributed by atoms with van der Waals surface area (Å²) in [5, 5.41) is 10.9. The van der Waals surface area contributed by atoms with E-state index < -0.39 is 10.8 Å². The van der Waals surface area contributed by atoms with E-state index in [9.17, 15) is 19.7 Å². The number of benzene rings is 1. The number of carbonyl (C=O) groups excluding carboxylic acids is 2. The molecule has 0 fully saturated rings. The van der Waals surface area contributed by atoms with E-state index in [2.05, 4.69) is 0 Å². The summed E-state index contributed by atoms with van der Waals surface area (Å²) in [4.78, 5) is 37.3. The number of likely N-dealkylation sites (N-methyl/N-ethyl adjacent to an activating group) is 2. The Morgan fingerprint density at radius 3 is 2.36 bits per heavy atom. The lowest BCUT2D eigenvalue weighted by atomic mass is 10.1. The molecule has 8 nitrogen and oxygen atoms in total. The lowest BCUT2D eigenvalue weighted by Crippen LogP contribution is -2.41. The summed E-state index contributed by atoms with van der Waals surface area (Å²) >= 11 is 0. The summed E-state index contributed by atoms with van der Waals surface area (Å²) in [6, 6.07) is 3.84. The SMILES string of the molecule is CCN(CC)C(=O)CN(C)C(=O)c1ccc(N)c([N+](=O)[O-])c1. The van der Waals surface area contributed by atoms with E-state index in [1.807, 2.05) is 13.8 Å². The molecule has 2 N–H and O–H groups in total. The van der Waals surface area contributed by atoms with Gasteiger partial charge in [0.15, 0.2) is 0 Å². The van der Waals surface area contributed by atoms with Gasteiger partial charge in [0.25, 0.3) is 11.6 Å². The first-order valence-electron chi connectivity index (χ1n) is 6.88. The van der Waals surface area contributed by atoms with Crippen LogP contribution in [-0.4, -0.2) is 53.2 Å². The summed E-state index contributed by atoms with van der Waals surface area (Å²) in [5.74, 6) is -0.644. The van der Waals surface area contributed by atoms with Crippen LogP contribution < -0.4 is 5.73 Å². The van der Waals surface area contributed by atoms with Crippen LogP contribution in [-0.2, 0) is 4.79 Å². The van der Waals surface area contributed by atoms with Gasteiger partial charge in [-0.15, -0.1) is 0 Å². The molecule has 0 atom stereocenters. The van der Waals surface area contributed by atoms with Gasteiger partial charge in [-0.2, -0.15) is 0 Å². The largest absolute Gasteiger partial charge is 0.393 e. The second kappa shape index (κ2) is 7.39. The fourth-order valence-electron chi connectivity index (χ4n) is 2.01. The van der Waals surface area contributed by atoms with Crippen molar-refractivity contribution >= 4 is 23.2 Å². The van der Waals surface area contributed by atoms with Gasteiger partial charge in [0, 0.05) is 31.8 Å². The zero-order valence-electron chi connectivity index (χ0n) is 12.9. The molecule has 0 heterocycles. The number of rotatable bonds is 6. The highest BCUT2D eigenvalue weighted by Crippen LogP contribution is 2.22. The minimum atomic E-state index is -0.646. The molecular weight excluding hydrogens is 288 g/mol. The molecule has 2 amide bonds. The minimum Gasteiger partial charge on any atom is -0.393 e. The lowest BCUT2D eigenvalue weighted by Gasteiger charge is -2.23. The van der Waals surface area contributed by atoms with Crippen molar-refractivity contribution < 1.29 is 14.5 Å². The molecular formula is C14H20N4O4. The number of carbonyl (C=O) groups is 2. The van der Waals surface area contributed by atoms with Crippen molar-refractivity contribution in [2.45, 2.75) is 13.8 Å². The van der Waals surface area contributed by atoms with Crippen molar-refractivity contribution in [2.75, 3.05) is 32.4 Å². The molecule has 0 saturated heterocycles. The third-order valence-corrected chi connectivity index (χ3v) is 3.31. The molecule has 0 spiro atoms. The van der Waals surface area contributed by atoms with Gasteiger partial charge in [-0.25, -0.2) is 0 Å². The van der Waals surface area contributed by atoms with Crippen LogP contribution in [0.3, 0.4) is 0 Å². The lowest BCUT2D eigenvalue weighted by molar-refractivity contribution is -0.383. The molecule has 0 unspecified atom stereocenters. The van der Waals surface area contributed by atoms with Crippen molar-refractivity contribution in [3.05, 3.63) is 33.9 Å². The predicted molar refractivity (Wildman–Crippen MR) is 82.4 cm³/mol. The standard InChI is InChI=1S/C14H20N4O4/c1-4-17(5-2)13(19)9-16(3)14(20)10-6-7-11(15)12(8-10)18(21)22/h6-8H,4-5,9,15H2,1-3H3. The van der Waals surface area contributed by atoms with Gasteiger partial charge in [-0.05, 0) is 26.0 Å². The van der Waals surface area contributed by atoms with E-state index in [-0.39, 0.29) is 29.4 Å². The Hall–Kier alpha value is -2.64. The first kappa shape index (κ1) is 17.4. The average Bonchev–Trinajstić information content (AvgIpc) is 2.47. The molecule has 120 valence electrons. The van der Waals surface area contributed by atoms with Crippen LogP contribution in [0.1, 0.15) is 24.2 Å². The molecule has 0 saturated carbocycles. The molecule has 0 aromatic heterocycles. The first-order valence-corrected chi connectivity index (χ1v) is 6.88. The van der Waals surface area contributed by atoms with Crippen LogP contribution >= 0.6 is 0 Å². The van der Waals surface area contributed by atoms with Crippen LogP contribution in [0, 0.1) is 10.1 Å². The fourth-order valence-corrected chi connectivity index (χ4v) is 2.01. The third-order valence-electron chi connectivity index (χ3n) is 3.31. The molecule has 1 aromatic rings. The Kier molecular flexibility index (Phi) is 5.85. The van der Waals surface area contributed by atoms with E-state index in [1.54, 1.807) is 4.90 Å². The molecule has 1 aromatic carbocycles. The van der Waals surface area contributed by atoms with Crippen LogP contribution in [0.25, 0.3) is 0 Å². The Morgan fingerprint density at radius 2 is 1.86 bits per heavy atom. The van der Waals surface area contributed by atoms with E-state index in [1.165, 1.54) is 24.1 Å². The number of nitrogens with two attached hydrogens (primary N) is 1. The van der Waals surface area contributed by atoms with E-state index >= 15 is 0 Å². The van der Waals surface area contributed by atoms with Crippen molar-refractivity contribution in [3.63, 3.8) is 0 Å². The molecule has 0 aliphatic heterocycles. The van der Waals surface area contributed by atoms with Crippen LogP contribution in [0.5, 0.6) is 0 Å². The summed E-state index contributed by atoms with van der Waals surface area (Å²) < 4.78 is 0. The van der Waals surface area contributed by atoms with Gasteiger partial charge < -0.3 is 15.5 Å². The van der Waals surface area contributed by atoms with Crippen LogP contribution in [0.15, 0.2) is 18.2 Å². The quantitative estimate of drug-likeness (QED) is 0.481. The number of hydrogen-bond donors (Lipinski definition) is 1. The maximum absolute atomic E-state index is 12.3. The Morgan fingerprint density at radius 1 is 1.27 bits per heavy atom. The fraction of sp³-hybridized carbons (Fsp3) is 0.429. The smallest absolute Gasteiger partial charge is 0.292 e. The predicted octanol–water partition coefficient (Wildman–Crippen LogP) is 1.12. The number of hydrogen-bond acceptors (Lipinski definition) is 5. The van der Waals surface area contributed by atoms with Gasteiger partial charge in [0.1, 0.15) is 5.69 Å². The Balaban J connectivity index is 2.89. The summed E-state index contributed by atoms with van der Waals surface area (Å²) in [5.41, 5.74) is 5.28. The second-order valence-corrected chi connectivity index (χ2v) is 4.76. The Labute approximate surface area is 128 Å². The summed E-state index contributed by atoms with van der Waals surface area (Å²) in [7, 11) is 1.48. The second-order valence-electron chi connectivity index (χ2n) is 4.76. The molecule has 0 aliphatic carbocycles. The topological polar surface area (TPSA) is 110 Å². The third kappa shape index (κ3) is 3.94. The van der Waals surface area contributed by atoms with Gasteiger partial charge in [0.05, 0.1) is 11.5 Å².